The number of hydrogen-bond donors (Lipinski definition) is 0. The molecule has 2 amide bonds. The molecule has 2 heterocycles. The third kappa shape index (κ3) is 2.95. The number of carbonyl (C=O) groups is 3. The van der Waals surface area contributed by atoms with Gasteiger partial charge in [-0.15, -0.1) is 0 Å². The van der Waals surface area contributed by atoms with Gasteiger partial charge >= 0.3 is 5.97 Å². The van der Waals surface area contributed by atoms with Gasteiger partial charge in [0.2, 0.25) is 0 Å². The van der Waals surface area contributed by atoms with Gasteiger partial charge < -0.3 is 4.84 Å². The molecule has 25 heavy (non-hydrogen) atoms. The molecule has 1 aromatic rings. The molecule has 0 radical (unpaired) electrons. The predicted molar refractivity (Wildman–Crippen MR) is 89.6 cm³/mol. The van der Waals surface area contributed by atoms with Crippen LogP contribution in [0.15, 0.2) is 24.3 Å². The fourth-order valence-corrected chi connectivity index (χ4v) is 4.17. The van der Waals surface area contributed by atoms with E-state index in [4.69, 9.17) is 4.84 Å². The molecule has 2 fully saturated rings. The van der Waals surface area contributed by atoms with Crippen molar-refractivity contribution in [3.05, 3.63) is 35.4 Å². The largest absolute Gasteiger partial charge is 0.337 e. The highest BCUT2D eigenvalue weighted by Crippen LogP contribution is 2.29. The van der Waals surface area contributed by atoms with E-state index in [0.717, 1.165) is 13.0 Å². The van der Waals surface area contributed by atoms with Crippen molar-refractivity contribution in [1.29, 1.82) is 0 Å². The lowest BCUT2D eigenvalue weighted by atomic mass is 9.94. The first-order chi connectivity index (χ1) is 12.1. The molecule has 0 spiro atoms. The molecule has 1 aromatic carbocycles. The van der Waals surface area contributed by atoms with E-state index in [9.17, 15) is 14.4 Å². The van der Waals surface area contributed by atoms with Gasteiger partial charge in [-0.25, -0.2) is 4.79 Å². The highest BCUT2D eigenvalue weighted by Gasteiger charge is 2.41. The smallest absolute Gasteiger partial charge is 0.329 e. The average molecular weight is 342 g/mol. The first kappa shape index (κ1) is 16.3. The number of benzene rings is 1. The maximum Gasteiger partial charge on any atom is 0.337 e. The molecule has 3 aliphatic rings. The molecule has 0 N–H and O–H groups in total. The summed E-state index contributed by atoms with van der Waals surface area (Å²) in [6.45, 7) is 1.54. The Morgan fingerprint density at radius 2 is 1.60 bits per heavy atom. The quantitative estimate of drug-likeness (QED) is 0.789. The lowest BCUT2D eigenvalue weighted by Gasteiger charge is -2.30. The summed E-state index contributed by atoms with van der Waals surface area (Å²) in [4.78, 5) is 44.6. The van der Waals surface area contributed by atoms with E-state index < -0.39 is 17.8 Å². The number of hydroxylamine groups is 2. The van der Waals surface area contributed by atoms with Crippen LogP contribution >= 0.6 is 0 Å². The van der Waals surface area contributed by atoms with Gasteiger partial charge in [0.1, 0.15) is 0 Å². The van der Waals surface area contributed by atoms with Gasteiger partial charge in [0.15, 0.2) is 0 Å². The van der Waals surface area contributed by atoms with Crippen LogP contribution in [0.25, 0.3) is 0 Å². The standard InChI is InChI=1S/C19H22N2O4/c22-17-15-8-4-5-9-16(15)18(23)21(17)25-19(24)13-10-11-20(12-13)14-6-2-1-3-7-14/h4-5,8-9,13-14H,1-3,6-7,10-12H2. The maximum atomic E-state index is 12.5. The Balaban J connectivity index is 1.38. The molecule has 1 unspecified atom stereocenters. The van der Waals surface area contributed by atoms with E-state index in [1.165, 1.54) is 32.1 Å². The molecule has 6 heteroatoms. The molecule has 1 aliphatic carbocycles. The Morgan fingerprint density at radius 3 is 2.24 bits per heavy atom. The number of likely N-dealkylation sites (tertiary alicyclic amines) is 1. The average Bonchev–Trinajstić information content (AvgIpc) is 3.23. The van der Waals surface area contributed by atoms with Crippen LogP contribution in [0.4, 0.5) is 0 Å². The lowest BCUT2D eigenvalue weighted by Crippen LogP contribution is -2.38. The Labute approximate surface area is 146 Å². The van der Waals surface area contributed by atoms with Crippen LogP contribution in [-0.2, 0) is 9.63 Å². The highest BCUT2D eigenvalue weighted by atomic mass is 16.7. The van der Waals surface area contributed by atoms with Crippen molar-refractivity contribution >= 4 is 17.8 Å². The first-order valence-electron chi connectivity index (χ1n) is 9.09. The van der Waals surface area contributed by atoms with Crippen molar-refractivity contribution in [1.82, 2.24) is 9.96 Å². The SMILES string of the molecule is O=C(ON1C(=O)c2ccccc2C1=O)C1CCN(C2CCCCC2)C1. The zero-order valence-electron chi connectivity index (χ0n) is 14.1. The maximum absolute atomic E-state index is 12.5. The molecule has 132 valence electrons. The van der Waals surface area contributed by atoms with Gasteiger partial charge in [-0.1, -0.05) is 36.5 Å². The fraction of sp³-hybridized carbons (Fsp3) is 0.526. The molecular weight excluding hydrogens is 320 g/mol. The van der Waals surface area contributed by atoms with E-state index in [0.29, 0.717) is 17.6 Å². The Morgan fingerprint density at radius 1 is 0.960 bits per heavy atom. The molecule has 1 saturated carbocycles. The van der Waals surface area contributed by atoms with Gasteiger partial charge in [0.05, 0.1) is 17.0 Å². The minimum atomic E-state index is -0.559. The van der Waals surface area contributed by atoms with Gasteiger partial charge in [-0.3, -0.25) is 14.5 Å². The normalized spacial score (nSPS) is 24.6. The summed E-state index contributed by atoms with van der Waals surface area (Å²) >= 11 is 0. The summed E-state index contributed by atoms with van der Waals surface area (Å²) < 4.78 is 0. The second kappa shape index (κ2) is 6.59. The molecule has 1 saturated heterocycles. The monoisotopic (exact) mass is 342 g/mol. The third-order valence-corrected chi connectivity index (χ3v) is 5.58. The molecule has 6 nitrogen and oxygen atoms in total. The molecule has 4 rings (SSSR count). The van der Waals surface area contributed by atoms with Gasteiger partial charge in [-0.05, 0) is 37.9 Å². The lowest BCUT2D eigenvalue weighted by molar-refractivity contribution is -0.173. The number of fused-ring (bicyclic) bond motifs is 1. The van der Waals surface area contributed by atoms with Crippen molar-refractivity contribution < 1.29 is 19.2 Å². The van der Waals surface area contributed by atoms with Crippen molar-refractivity contribution in [2.75, 3.05) is 13.1 Å². The van der Waals surface area contributed by atoms with Crippen LogP contribution < -0.4 is 0 Å². The predicted octanol–water partition coefficient (Wildman–Crippen LogP) is 2.40. The van der Waals surface area contributed by atoms with Crippen LogP contribution in [0, 0.1) is 5.92 Å². The van der Waals surface area contributed by atoms with Gasteiger partial charge in [0, 0.05) is 12.6 Å². The van der Waals surface area contributed by atoms with Crippen LogP contribution in [0.1, 0.15) is 59.2 Å². The summed E-state index contributed by atoms with van der Waals surface area (Å²) in [5.74, 6) is -1.87. The molecule has 2 aliphatic heterocycles. The van der Waals surface area contributed by atoms with E-state index >= 15 is 0 Å². The van der Waals surface area contributed by atoms with Crippen molar-refractivity contribution in [2.24, 2.45) is 5.92 Å². The van der Waals surface area contributed by atoms with E-state index in [-0.39, 0.29) is 17.0 Å². The summed E-state index contributed by atoms with van der Waals surface area (Å²) in [6, 6.07) is 7.09. The Hall–Kier alpha value is -2.21. The molecule has 0 aromatic heterocycles. The van der Waals surface area contributed by atoms with E-state index in [1.807, 2.05) is 0 Å². The zero-order chi connectivity index (χ0) is 17.4. The van der Waals surface area contributed by atoms with Crippen LogP contribution in [-0.4, -0.2) is 46.9 Å². The number of carbonyl (C=O) groups excluding carboxylic acids is 3. The Bertz CT molecular complexity index is 676. The van der Waals surface area contributed by atoms with Gasteiger partial charge in [-0.2, -0.15) is 0 Å². The van der Waals surface area contributed by atoms with E-state index in [2.05, 4.69) is 4.90 Å². The number of rotatable bonds is 3. The minimum Gasteiger partial charge on any atom is -0.329 e. The fourth-order valence-electron chi connectivity index (χ4n) is 4.17. The highest BCUT2D eigenvalue weighted by molar-refractivity contribution is 6.20. The first-order valence-corrected chi connectivity index (χ1v) is 9.09. The van der Waals surface area contributed by atoms with E-state index in [1.54, 1.807) is 24.3 Å². The number of amides is 2. The van der Waals surface area contributed by atoms with Crippen molar-refractivity contribution in [3.63, 3.8) is 0 Å². The third-order valence-electron chi connectivity index (χ3n) is 5.58. The van der Waals surface area contributed by atoms with Crippen LogP contribution in [0.3, 0.4) is 0 Å². The topological polar surface area (TPSA) is 66.9 Å². The summed E-state index contributed by atoms with van der Waals surface area (Å²) in [5.41, 5.74) is 0.575. The molecule has 0 bridgehead atoms. The minimum absolute atomic E-state index is 0.272. The number of nitrogens with zero attached hydrogens (tertiary/aromatic N) is 2. The summed E-state index contributed by atoms with van der Waals surface area (Å²) in [7, 11) is 0. The second-order valence-electron chi connectivity index (χ2n) is 7.13. The molecular formula is C19H22N2O4. The van der Waals surface area contributed by atoms with Crippen molar-refractivity contribution in [3.8, 4) is 0 Å². The summed E-state index contributed by atoms with van der Waals surface area (Å²) in [5, 5.41) is 0.621. The second-order valence-corrected chi connectivity index (χ2v) is 7.13. The number of hydrogen-bond acceptors (Lipinski definition) is 5. The number of imide groups is 1. The zero-order valence-corrected chi connectivity index (χ0v) is 14.1. The van der Waals surface area contributed by atoms with Gasteiger partial charge in [0.25, 0.3) is 11.8 Å². The van der Waals surface area contributed by atoms with Crippen LogP contribution in [0.5, 0.6) is 0 Å². The molecule has 1 atom stereocenters. The Kier molecular flexibility index (Phi) is 4.29. The summed E-state index contributed by atoms with van der Waals surface area (Å²) in [6.07, 6.45) is 6.92. The van der Waals surface area contributed by atoms with Crippen molar-refractivity contribution in [2.45, 2.75) is 44.6 Å². The van der Waals surface area contributed by atoms with Crippen LogP contribution in [0.2, 0.25) is 0 Å².